The molecule has 150 valence electrons. The van der Waals surface area contributed by atoms with Gasteiger partial charge in [-0.3, -0.25) is 9.59 Å². The standard InChI is InChI=1S/C18H17F3N2O4S/c1-5-27-18(26)11-8(2)14(17(25)23(3)4)28-16(11)22-15(24)9-6-7-10(19)13(21)12(9)20/h6-7H,5H2,1-4H3,(H,22,24). The number of amides is 2. The molecule has 0 atom stereocenters. The Balaban J connectivity index is 2.50. The number of nitrogens with zero attached hydrogens (tertiary/aromatic N) is 1. The molecule has 0 radical (unpaired) electrons. The van der Waals surface area contributed by atoms with Crippen LogP contribution in [-0.2, 0) is 4.74 Å². The van der Waals surface area contributed by atoms with Crippen LogP contribution in [0.25, 0.3) is 0 Å². The summed E-state index contributed by atoms with van der Waals surface area (Å²) in [7, 11) is 3.03. The van der Waals surface area contributed by atoms with Crippen molar-refractivity contribution in [1.82, 2.24) is 4.90 Å². The molecule has 0 unspecified atom stereocenters. The number of rotatable bonds is 5. The summed E-state index contributed by atoms with van der Waals surface area (Å²) in [6.45, 7) is 3.14. The van der Waals surface area contributed by atoms with E-state index in [9.17, 15) is 27.6 Å². The van der Waals surface area contributed by atoms with E-state index in [-0.39, 0.29) is 27.6 Å². The predicted octanol–water partition coefficient (Wildman–Crippen LogP) is 3.60. The average Bonchev–Trinajstić information content (AvgIpc) is 2.95. The molecule has 0 bridgehead atoms. The van der Waals surface area contributed by atoms with Gasteiger partial charge in [-0.05, 0) is 31.5 Å². The molecule has 28 heavy (non-hydrogen) atoms. The van der Waals surface area contributed by atoms with Crippen molar-refractivity contribution in [3.63, 3.8) is 0 Å². The minimum Gasteiger partial charge on any atom is -0.462 e. The molecular formula is C18H17F3N2O4S. The second-order valence-corrected chi connectivity index (χ2v) is 6.88. The molecule has 0 fully saturated rings. The van der Waals surface area contributed by atoms with Crippen molar-refractivity contribution < 1.29 is 32.3 Å². The number of hydrogen-bond donors (Lipinski definition) is 1. The molecule has 6 nitrogen and oxygen atoms in total. The molecule has 1 aromatic heterocycles. The Bertz CT molecular complexity index is 957. The molecule has 0 spiro atoms. The first-order chi connectivity index (χ1) is 13.1. The van der Waals surface area contributed by atoms with Gasteiger partial charge in [0.1, 0.15) is 5.00 Å². The first kappa shape index (κ1) is 21.4. The number of thiophene rings is 1. The highest BCUT2D eigenvalue weighted by Crippen LogP contribution is 2.35. The third-order valence-electron chi connectivity index (χ3n) is 3.73. The molecule has 0 aliphatic heterocycles. The zero-order chi connectivity index (χ0) is 21.2. The van der Waals surface area contributed by atoms with Gasteiger partial charge in [-0.15, -0.1) is 11.3 Å². The number of hydrogen-bond acceptors (Lipinski definition) is 5. The van der Waals surface area contributed by atoms with Crippen LogP contribution in [0.15, 0.2) is 12.1 Å². The second-order valence-electron chi connectivity index (χ2n) is 5.86. The van der Waals surface area contributed by atoms with Crippen molar-refractivity contribution in [2.24, 2.45) is 0 Å². The fraction of sp³-hybridized carbons (Fsp3) is 0.278. The highest BCUT2D eigenvalue weighted by molar-refractivity contribution is 7.18. The molecule has 0 aliphatic carbocycles. The van der Waals surface area contributed by atoms with Gasteiger partial charge in [-0.2, -0.15) is 0 Å². The van der Waals surface area contributed by atoms with Crippen LogP contribution in [0.1, 0.15) is 42.9 Å². The number of carbonyl (C=O) groups excluding carboxylic acids is 3. The van der Waals surface area contributed by atoms with Gasteiger partial charge in [-0.1, -0.05) is 0 Å². The number of ether oxygens (including phenoxy) is 1. The molecule has 1 heterocycles. The lowest BCUT2D eigenvalue weighted by Gasteiger charge is -2.09. The molecule has 1 aromatic carbocycles. The van der Waals surface area contributed by atoms with E-state index in [2.05, 4.69) is 5.32 Å². The van der Waals surface area contributed by atoms with Gasteiger partial charge in [0.2, 0.25) is 0 Å². The zero-order valence-electron chi connectivity index (χ0n) is 15.5. The van der Waals surface area contributed by atoms with Gasteiger partial charge in [0, 0.05) is 14.1 Å². The maximum absolute atomic E-state index is 13.9. The van der Waals surface area contributed by atoms with Crippen molar-refractivity contribution in [3.05, 3.63) is 51.2 Å². The molecule has 2 aromatic rings. The fourth-order valence-electron chi connectivity index (χ4n) is 2.33. The largest absolute Gasteiger partial charge is 0.462 e. The molecule has 0 saturated heterocycles. The van der Waals surface area contributed by atoms with Crippen LogP contribution in [0, 0.1) is 24.4 Å². The SMILES string of the molecule is CCOC(=O)c1c(NC(=O)c2ccc(F)c(F)c2F)sc(C(=O)N(C)C)c1C. The lowest BCUT2D eigenvalue weighted by molar-refractivity contribution is 0.0527. The van der Waals surface area contributed by atoms with E-state index < -0.39 is 40.8 Å². The average molecular weight is 414 g/mol. The summed E-state index contributed by atoms with van der Waals surface area (Å²) in [5.41, 5.74) is -0.531. The Morgan fingerprint density at radius 1 is 1.14 bits per heavy atom. The molecule has 0 aliphatic rings. The van der Waals surface area contributed by atoms with Gasteiger partial charge in [-0.25, -0.2) is 18.0 Å². The molecule has 0 saturated carbocycles. The Morgan fingerprint density at radius 3 is 2.36 bits per heavy atom. The van der Waals surface area contributed by atoms with Gasteiger partial charge in [0.25, 0.3) is 11.8 Å². The number of nitrogens with one attached hydrogen (secondary N) is 1. The van der Waals surface area contributed by atoms with E-state index in [0.29, 0.717) is 6.07 Å². The van der Waals surface area contributed by atoms with Crippen molar-refractivity contribution in [3.8, 4) is 0 Å². The Morgan fingerprint density at radius 2 is 1.79 bits per heavy atom. The Kier molecular flexibility index (Phi) is 6.45. The minimum absolute atomic E-state index is 0.0519. The smallest absolute Gasteiger partial charge is 0.341 e. The molecular weight excluding hydrogens is 397 g/mol. The number of esters is 1. The second kappa shape index (κ2) is 8.42. The third-order valence-corrected chi connectivity index (χ3v) is 4.93. The topological polar surface area (TPSA) is 75.7 Å². The van der Waals surface area contributed by atoms with Crippen LogP contribution < -0.4 is 5.32 Å². The van der Waals surface area contributed by atoms with Gasteiger partial charge >= 0.3 is 5.97 Å². The number of anilines is 1. The summed E-state index contributed by atoms with van der Waals surface area (Å²) in [6, 6.07) is 1.39. The van der Waals surface area contributed by atoms with Crippen LogP contribution >= 0.6 is 11.3 Å². The molecule has 1 N–H and O–H groups in total. The van der Waals surface area contributed by atoms with Crippen molar-refractivity contribution >= 4 is 34.1 Å². The van der Waals surface area contributed by atoms with Gasteiger partial charge in [0.05, 0.1) is 22.6 Å². The summed E-state index contributed by atoms with van der Waals surface area (Å²) in [5.74, 6) is -7.18. The number of benzene rings is 1. The van der Waals surface area contributed by atoms with E-state index >= 15 is 0 Å². The summed E-state index contributed by atoms with van der Waals surface area (Å²) in [5, 5.41) is 2.23. The number of halogens is 3. The lowest BCUT2D eigenvalue weighted by atomic mass is 10.1. The van der Waals surface area contributed by atoms with Crippen LogP contribution in [0.2, 0.25) is 0 Å². The quantitative estimate of drug-likeness (QED) is 0.599. The lowest BCUT2D eigenvalue weighted by Crippen LogP contribution is -2.21. The van der Waals surface area contributed by atoms with Crippen molar-refractivity contribution in [2.75, 3.05) is 26.0 Å². The first-order valence-electron chi connectivity index (χ1n) is 8.07. The van der Waals surface area contributed by atoms with E-state index in [1.807, 2.05) is 0 Å². The summed E-state index contributed by atoms with van der Waals surface area (Å²) in [4.78, 5) is 38.5. The Labute approximate surface area is 162 Å². The van der Waals surface area contributed by atoms with Crippen molar-refractivity contribution in [1.29, 1.82) is 0 Å². The van der Waals surface area contributed by atoms with Crippen LogP contribution in [0.4, 0.5) is 18.2 Å². The zero-order valence-corrected chi connectivity index (χ0v) is 16.3. The highest BCUT2D eigenvalue weighted by Gasteiger charge is 2.28. The van der Waals surface area contributed by atoms with E-state index in [0.717, 1.165) is 17.4 Å². The van der Waals surface area contributed by atoms with Gasteiger partial charge < -0.3 is 15.0 Å². The molecule has 2 rings (SSSR count). The monoisotopic (exact) mass is 414 g/mol. The minimum atomic E-state index is -1.79. The van der Waals surface area contributed by atoms with Crippen LogP contribution in [0.5, 0.6) is 0 Å². The van der Waals surface area contributed by atoms with E-state index in [1.165, 1.54) is 25.9 Å². The summed E-state index contributed by atoms with van der Waals surface area (Å²) < 4.78 is 45.3. The van der Waals surface area contributed by atoms with Crippen molar-refractivity contribution in [2.45, 2.75) is 13.8 Å². The molecule has 10 heteroatoms. The number of carbonyl (C=O) groups is 3. The Hall–Kier alpha value is -2.88. The van der Waals surface area contributed by atoms with Crippen LogP contribution in [0.3, 0.4) is 0 Å². The third kappa shape index (κ3) is 4.01. The fourth-order valence-corrected chi connectivity index (χ4v) is 3.54. The maximum Gasteiger partial charge on any atom is 0.341 e. The first-order valence-corrected chi connectivity index (χ1v) is 8.88. The predicted molar refractivity (Wildman–Crippen MR) is 97.3 cm³/mol. The summed E-state index contributed by atoms with van der Waals surface area (Å²) >= 11 is 0.799. The highest BCUT2D eigenvalue weighted by atomic mass is 32.1. The van der Waals surface area contributed by atoms with E-state index in [1.54, 1.807) is 6.92 Å². The maximum atomic E-state index is 13.9. The van der Waals surface area contributed by atoms with Crippen LogP contribution in [-0.4, -0.2) is 43.4 Å². The normalized spacial score (nSPS) is 10.5. The molecule has 2 amide bonds. The summed E-state index contributed by atoms with van der Waals surface area (Å²) in [6.07, 6.45) is 0. The van der Waals surface area contributed by atoms with Gasteiger partial charge in [0.15, 0.2) is 17.5 Å². The van der Waals surface area contributed by atoms with E-state index in [4.69, 9.17) is 4.74 Å².